The maximum atomic E-state index is 12.3. The molecule has 1 aromatic rings. The topological polar surface area (TPSA) is 97.1 Å². The van der Waals surface area contributed by atoms with E-state index >= 15 is 0 Å². The van der Waals surface area contributed by atoms with Gasteiger partial charge in [0.15, 0.2) is 0 Å². The molecule has 9 heteroatoms. The quantitative estimate of drug-likeness (QED) is 0.669. The van der Waals surface area contributed by atoms with Crippen molar-refractivity contribution in [3.63, 3.8) is 0 Å². The number of hydrogen-bond donors (Lipinski definition) is 3. The predicted molar refractivity (Wildman–Crippen MR) is 105 cm³/mol. The van der Waals surface area contributed by atoms with Gasteiger partial charge in [-0.1, -0.05) is 26.7 Å². The van der Waals surface area contributed by atoms with Crippen LogP contribution in [-0.2, 0) is 15.1 Å². The summed E-state index contributed by atoms with van der Waals surface area (Å²) in [7, 11) is 0. The molecule has 1 aliphatic carbocycles. The molecule has 2 amide bonds. The Kier molecular flexibility index (Phi) is 9.94. The molecule has 1 fully saturated rings. The summed E-state index contributed by atoms with van der Waals surface area (Å²) in [6, 6.07) is -0.593. The Hall–Kier alpha value is -0.890. The lowest BCUT2D eigenvalue weighted by Gasteiger charge is -2.28. The van der Waals surface area contributed by atoms with E-state index in [9.17, 15) is 9.59 Å². The Labute approximate surface area is 165 Å². The van der Waals surface area contributed by atoms with Crippen molar-refractivity contribution in [3.05, 3.63) is 16.1 Å². The molecule has 4 N–H and O–H groups in total. The number of aromatic nitrogens is 1. The lowest BCUT2D eigenvalue weighted by molar-refractivity contribution is -0.128. The number of thiazole rings is 1. The second-order valence-electron chi connectivity index (χ2n) is 6.62. The molecule has 0 spiro atoms. The van der Waals surface area contributed by atoms with Gasteiger partial charge in [0.25, 0.3) is 0 Å². The molecule has 0 aromatic carbocycles. The third-order valence-corrected chi connectivity index (χ3v) is 5.47. The highest BCUT2D eigenvalue weighted by molar-refractivity contribution is 7.09. The largest absolute Gasteiger partial charge is 0.346 e. The third-order valence-electron chi connectivity index (χ3n) is 4.31. The van der Waals surface area contributed by atoms with Crippen molar-refractivity contribution < 1.29 is 9.59 Å². The first kappa shape index (κ1) is 24.1. The maximum Gasteiger partial charge on any atom is 0.240 e. The third kappa shape index (κ3) is 6.09. The van der Waals surface area contributed by atoms with Gasteiger partial charge in [0.2, 0.25) is 11.8 Å². The summed E-state index contributed by atoms with van der Waals surface area (Å²) in [4.78, 5) is 28.7. The van der Waals surface area contributed by atoms with Gasteiger partial charge in [0.05, 0.1) is 18.1 Å². The Bertz CT molecular complexity index is 574. The van der Waals surface area contributed by atoms with E-state index in [4.69, 9.17) is 5.73 Å². The van der Waals surface area contributed by atoms with Crippen LogP contribution in [0.5, 0.6) is 0 Å². The van der Waals surface area contributed by atoms with Crippen LogP contribution >= 0.6 is 36.2 Å². The highest BCUT2D eigenvalue weighted by atomic mass is 35.5. The van der Waals surface area contributed by atoms with E-state index in [1.165, 1.54) is 0 Å². The summed E-state index contributed by atoms with van der Waals surface area (Å²) in [5.41, 5.74) is 6.38. The van der Waals surface area contributed by atoms with Crippen LogP contribution in [0.1, 0.15) is 50.2 Å². The summed E-state index contributed by atoms with van der Waals surface area (Å²) >= 11 is 1.59. The number of aryl methyl sites for hydroxylation is 1. The number of hydrogen-bond acceptors (Lipinski definition) is 5. The van der Waals surface area contributed by atoms with E-state index in [2.05, 4.69) is 15.6 Å². The van der Waals surface area contributed by atoms with Crippen molar-refractivity contribution in [2.75, 3.05) is 6.54 Å². The fourth-order valence-corrected chi connectivity index (χ4v) is 3.86. The van der Waals surface area contributed by atoms with Gasteiger partial charge in [-0.25, -0.2) is 4.98 Å². The zero-order valence-corrected chi connectivity index (χ0v) is 17.3. The molecule has 0 unspecified atom stereocenters. The summed E-state index contributed by atoms with van der Waals surface area (Å²) < 4.78 is 0. The van der Waals surface area contributed by atoms with Gasteiger partial charge in [-0.3, -0.25) is 9.59 Å². The summed E-state index contributed by atoms with van der Waals surface area (Å²) in [5, 5.41) is 8.69. The maximum absolute atomic E-state index is 12.3. The summed E-state index contributed by atoms with van der Waals surface area (Å²) in [6.45, 7) is 5.66. The molecule has 6 nitrogen and oxygen atoms in total. The molecular weight excluding hydrogens is 383 g/mol. The first-order valence-electron chi connectivity index (χ1n) is 8.11. The molecule has 0 radical (unpaired) electrons. The number of amides is 2. The second-order valence-corrected chi connectivity index (χ2v) is 7.48. The van der Waals surface area contributed by atoms with Crippen molar-refractivity contribution in [2.45, 2.75) is 58.0 Å². The van der Waals surface area contributed by atoms with Crippen molar-refractivity contribution in [2.24, 2.45) is 11.7 Å². The minimum atomic E-state index is -0.593. The van der Waals surface area contributed by atoms with Crippen LogP contribution in [0.3, 0.4) is 0 Å². The van der Waals surface area contributed by atoms with Gasteiger partial charge in [0, 0.05) is 11.1 Å². The van der Waals surface area contributed by atoms with Crippen LogP contribution in [0.2, 0.25) is 0 Å². The summed E-state index contributed by atoms with van der Waals surface area (Å²) in [6.07, 6.45) is 3.93. The van der Waals surface area contributed by atoms with Crippen molar-refractivity contribution in [3.8, 4) is 0 Å². The monoisotopic (exact) mass is 410 g/mol. The van der Waals surface area contributed by atoms with Gasteiger partial charge in [-0.2, -0.15) is 0 Å². The van der Waals surface area contributed by atoms with Gasteiger partial charge >= 0.3 is 0 Å². The zero-order valence-electron chi connectivity index (χ0n) is 14.8. The van der Waals surface area contributed by atoms with Gasteiger partial charge < -0.3 is 16.4 Å². The van der Waals surface area contributed by atoms with Gasteiger partial charge in [0.1, 0.15) is 5.01 Å². The fourth-order valence-electron chi connectivity index (χ4n) is 2.84. The smallest absolute Gasteiger partial charge is 0.240 e. The fraction of sp³-hybridized carbons (Fsp3) is 0.688. The molecule has 25 heavy (non-hydrogen) atoms. The number of carbonyl (C=O) groups excluding carboxylic acids is 2. The predicted octanol–water partition coefficient (Wildman–Crippen LogP) is 2.28. The minimum Gasteiger partial charge on any atom is -0.346 e. The Morgan fingerprint density at radius 3 is 2.40 bits per heavy atom. The minimum absolute atomic E-state index is 0. The Morgan fingerprint density at radius 2 is 1.92 bits per heavy atom. The molecule has 1 saturated carbocycles. The molecule has 144 valence electrons. The van der Waals surface area contributed by atoms with Crippen LogP contribution in [0.4, 0.5) is 0 Å². The van der Waals surface area contributed by atoms with E-state index in [0.717, 1.165) is 36.4 Å². The van der Waals surface area contributed by atoms with Crippen molar-refractivity contribution >= 4 is 48.0 Å². The van der Waals surface area contributed by atoms with Crippen molar-refractivity contribution in [1.82, 2.24) is 15.6 Å². The lowest BCUT2D eigenvalue weighted by atomic mass is 9.98. The normalized spacial score (nSPS) is 16.5. The molecule has 1 atom stereocenters. The van der Waals surface area contributed by atoms with Crippen LogP contribution in [-0.4, -0.2) is 29.4 Å². The van der Waals surface area contributed by atoms with Crippen LogP contribution < -0.4 is 16.4 Å². The van der Waals surface area contributed by atoms with Gasteiger partial charge in [-0.15, -0.1) is 36.2 Å². The Balaban J connectivity index is 0.00000288. The molecular formula is C16H28Cl2N4O2S. The zero-order chi connectivity index (χ0) is 17.0. The number of halogens is 2. The number of rotatable bonds is 6. The molecule has 1 heterocycles. The SMILES string of the molecule is Cc1csc(C2(NC(=O)CNC(=O)[C@@H](N)C(C)C)CCCC2)n1.Cl.Cl. The van der Waals surface area contributed by atoms with E-state index < -0.39 is 6.04 Å². The summed E-state index contributed by atoms with van der Waals surface area (Å²) in [5.74, 6) is -0.442. The molecule has 0 saturated heterocycles. The first-order chi connectivity index (χ1) is 10.8. The van der Waals surface area contributed by atoms with E-state index in [-0.39, 0.29) is 54.6 Å². The number of nitrogens with zero attached hydrogens (tertiary/aromatic N) is 1. The van der Waals surface area contributed by atoms with Crippen LogP contribution in [0.15, 0.2) is 5.38 Å². The van der Waals surface area contributed by atoms with E-state index in [1.807, 2.05) is 26.2 Å². The standard InChI is InChI=1S/C16H26N4O2S.2ClH/c1-10(2)13(17)14(22)18-8-12(21)20-16(6-4-5-7-16)15-19-11(3)9-23-15;;/h9-10,13H,4-8,17H2,1-3H3,(H,18,22)(H,20,21);2*1H/t13-;;/m0../s1. The van der Waals surface area contributed by atoms with E-state index in [0.29, 0.717) is 0 Å². The molecule has 1 aromatic heterocycles. The molecule has 1 aliphatic rings. The number of carbonyl (C=O) groups is 2. The first-order valence-corrected chi connectivity index (χ1v) is 8.99. The highest BCUT2D eigenvalue weighted by Crippen LogP contribution is 2.40. The second kappa shape index (κ2) is 10.3. The molecule has 2 rings (SSSR count). The average molecular weight is 411 g/mol. The molecule has 0 bridgehead atoms. The lowest BCUT2D eigenvalue weighted by Crippen LogP contribution is -2.51. The highest BCUT2D eigenvalue weighted by Gasteiger charge is 2.39. The van der Waals surface area contributed by atoms with Gasteiger partial charge in [-0.05, 0) is 25.7 Å². The number of nitrogens with two attached hydrogens (primary N) is 1. The average Bonchev–Trinajstić information content (AvgIpc) is 3.13. The van der Waals surface area contributed by atoms with Crippen LogP contribution in [0, 0.1) is 12.8 Å². The van der Waals surface area contributed by atoms with Crippen LogP contribution in [0.25, 0.3) is 0 Å². The molecule has 0 aliphatic heterocycles. The Morgan fingerprint density at radius 1 is 1.32 bits per heavy atom. The van der Waals surface area contributed by atoms with Crippen molar-refractivity contribution in [1.29, 1.82) is 0 Å². The van der Waals surface area contributed by atoms with E-state index in [1.54, 1.807) is 11.3 Å². The number of nitrogens with one attached hydrogen (secondary N) is 2.